The van der Waals surface area contributed by atoms with Crippen LogP contribution in [0.2, 0.25) is 5.02 Å². The summed E-state index contributed by atoms with van der Waals surface area (Å²) in [6.07, 6.45) is 0. The quantitative estimate of drug-likeness (QED) is 0.379. The Morgan fingerprint density at radius 2 is 2.31 bits per heavy atom. The van der Waals surface area contributed by atoms with Crippen LogP contribution >= 0.6 is 11.6 Å². The van der Waals surface area contributed by atoms with Gasteiger partial charge in [-0.05, 0) is 18.6 Å². The maximum absolute atomic E-state index is 10.6. The fraction of sp³-hybridized carbons (Fsp3) is 0.273. The van der Waals surface area contributed by atoms with Crippen molar-refractivity contribution in [2.75, 3.05) is 6.54 Å². The lowest BCUT2D eigenvalue weighted by atomic mass is 10.2. The SMILES string of the molecule is CC#CCNCc1cc([N+](=O)[O-])ccc1Cl. The summed E-state index contributed by atoms with van der Waals surface area (Å²) in [7, 11) is 0. The zero-order chi connectivity index (χ0) is 12.0. The zero-order valence-corrected chi connectivity index (χ0v) is 9.54. The molecule has 1 N–H and O–H groups in total. The first kappa shape index (κ1) is 12.5. The number of nitrogens with zero attached hydrogens (tertiary/aromatic N) is 1. The Bertz CT molecular complexity index is 449. The summed E-state index contributed by atoms with van der Waals surface area (Å²) in [6.45, 7) is 2.76. The van der Waals surface area contributed by atoms with Gasteiger partial charge in [-0.2, -0.15) is 0 Å². The van der Waals surface area contributed by atoms with E-state index in [1.165, 1.54) is 18.2 Å². The number of non-ortho nitro benzene ring substituents is 1. The van der Waals surface area contributed by atoms with Crippen LogP contribution < -0.4 is 5.32 Å². The van der Waals surface area contributed by atoms with Gasteiger partial charge in [-0.1, -0.05) is 17.5 Å². The minimum Gasteiger partial charge on any atom is -0.302 e. The first-order chi connectivity index (χ1) is 7.65. The molecule has 84 valence electrons. The molecule has 0 unspecified atom stereocenters. The Labute approximate surface area is 98.8 Å². The minimum atomic E-state index is -0.439. The molecule has 0 bridgehead atoms. The van der Waals surface area contributed by atoms with Crippen LogP contribution in [0.15, 0.2) is 18.2 Å². The topological polar surface area (TPSA) is 55.2 Å². The van der Waals surface area contributed by atoms with Gasteiger partial charge < -0.3 is 5.32 Å². The molecule has 0 aliphatic heterocycles. The molecular weight excluding hydrogens is 228 g/mol. The van der Waals surface area contributed by atoms with Crippen LogP contribution in [0.25, 0.3) is 0 Å². The Morgan fingerprint density at radius 1 is 1.56 bits per heavy atom. The fourth-order valence-electron chi connectivity index (χ4n) is 1.16. The van der Waals surface area contributed by atoms with Crippen molar-refractivity contribution >= 4 is 17.3 Å². The van der Waals surface area contributed by atoms with Crippen molar-refractivity contribution in [2.45, 2.75) is 13.5 Å². The maximum atomic E-state index is 10.6. The highest BCUT2D eigenvalue weighted by Gasteiger charge is 2.08. The highest BCUT2D eigenvalue weighted by atomic mass is 35.5. The molecule has 16 heavy (non-hydrogen) atoms. The molecule has 0 atom stereocenters. The molecule has 0 radical (unpaired) electrons. The summed E-state index contributed by atoms with van der Waals surface area (Å²) in [5.74, 6) is 5.58. The fourth-order valence-corrected chi connectivity index (χ4v) is 1.34. The molecule has 0 amide bonds. The Kier molecular flexibility index (Phi) is 4.77. The predicted molar refractivity (Wildman–Crippen MR) is 63.3 cm³/mol. The van der Waals surface area contributed by atoms with Crippen molar-refractivity contribution in [1.29, 1.82) is 0 Å². The normalized spacial score (nSPS) is 9.38. The smallest absolute Gasteiger partial charge is 0.269 e. The van der Waals surface area contributed by atoms with Crippen molar-refractivity contribution in [1.82, 2.24) is 5.32 Å². The van der Waals surface area contributed by atoms with Crippen LogP contribution in [0.1, 0.15) is 12.5 Å². The van der Waals surface area contributed by atoms with Crippen LogP contribution in [0.4, 0.5) is 5.69 Å². The second-order valence-electron chi connectivity index (χ2n) is 3.06. The van der Waals surface area contributed by atoms with E-state index >= 15 is 0 Å². The average molecular weight is 239 g/mol. The summed E-state index contributed by atoms with van der Waals surface area (Å²) in [4.78, 5) is 10.1. The Hall–Kier alpha value is -1.57. The lowest BCUT2D eigenvalue weighted by Crippen LogP contribution is -2.13. The van der Waals surface area contributed by atoms with Crippen LogP contribution in [0.3, 0.4) is 0 Å². The molecule has 5 heteroatoms. The van der Waals surface area contributed by atoms with Gasteiger partial charge in [0.05, 0.1) is 11.5 Å². The highest BCUT2D eigenvalue weighted by Crippen LogP contribution is 2.21. The van der Waals surface area contributed by atoms with E-state index in [1.54, 1.807) is 6.92 Å². The van der Waals surface area contributed by atoms with Gasteiger partial charge in [0, 0.05) is 23.7 Å². The molecule has 1 aromatic carbocycles. The number of rotatable bonds is 4. The molecule has 4 nitrogen and oxygen atoms in total. The van der Waals surface area contributed by atoms with Crippen molar-refractivity contribution in [3.63, 3.8) is 0 Å². The molecule has 0 aromatic heterocycles. The third-order valence-corrected chi connectivity index (χ3v) is 2.31. The third kappa shape index (κ3) is 3.54. The monoisotopic (exact) mass is 238 g/mol. The molecule has 0 spiro atoms. The van der Waals surface area contributed by atoms with Crippen molar-refractivity contribution in [2.24, 2.45) is 0 Å². The van der Waals surface area contributed by atoms with Crippen molar-refractivity contribution < 1.29 is 4.92 Å². The largest absolute Gasteiger partial charge is 0.302 e. The van der Waals surface area contributed by atoms with E-state index in [1.807, 2.05) is 0 Å². The summed E-state index contributed by atoms with van der Waals surface area (Å²) in [5, 5.41) is 14.1. The molecule has 0 heterocycles. The number of benzene rings is 1. The zero-order valence-electron chi connectivity index (χ0n) is 8.79. The minimum absolute atomic E-state index is 0.0442. The predicted octanol–water partition coefficient (Wildman–Crippen LogP) is 2.36. The van der Waals surface area contributed by atoms with Gasteiger partial charge in [-0.15, -0.1) is 5.92 Å². The van der Waals surface area contributed by atoms with E-state index in [4.69, 9.17) is 11.6 Å². The molecule has 0 fully saturated rings. The van der Waals surface area contributed by atoms with Gasteiger partial charge in [0.2, 0.25) is 0 Å². The van der Waals surface area contributed by atoms with Crippen molar-refractivity contribution in [3.05, 3.63) is 38.9 Å². The number of nitro groups is 1. The van der Waals surface area contributed by atoms with Gasteiger partial charge in [0.1, 0.15) is 0 Å². The van der Waals surface area contributed by atoms with E-state index in [2.05, 4.69) is 17.2 Å². The van der Waals surface area contributed by atoms with Gasteiger partial charge in [-0.25, -0.2) is 0 Å². The number of hydrogen-bond donors (Lipinski definition) is 1. The lowest BCUT2D eigenvalue weighted by molar-refractivity contribution is -0.384. The second kappa shape index (κ2) is 6.11. The lowest BCUT2D eigenvalue weighted by Gasteiger charge is -2.03. The number of halogens is 1. The van der Waals surface area contributed by atoms with E-state index in [0.29, 0.717) is 23.7 Å². The Morgan fingerprint density at radius 3 is 2.94 bits per heavy atom. The van der Waals surface area contributed by atoms with Crippen LogP contribution in [0.5, 0.6) is 0 Å². The Balaban J connectivity index is 2.73. The maximum Gasteiger partial charge on any atom is 0.269 e. The van der Waals surface area contributed by atoms with Crippen LogP contribution in [-0.2, 0) is 6.54 Å². The van der Waals surface area contributed by atoms with Crippen LogP contribution in [-0.4, -0.2) is 11.5 Å². The molecule has 0 saturated heterocycles. The number of nitrogens with one attached hydrogen (secondary N) is 1. The average Bonchev–Trinajstić information content (AvgIpc) is 2.26. The summed E-state index contributed by atoms with van der Waals surface area (Å²) >= 11 is 5.92. The molecule has 0 saturated carbocycles. The number of hydrogen-bond acceptors (Lipinski definition) is 3. The van der Waals surface area contributed by atoms with Gasteiger partial charge in [0.15, 0.2) is 0 Å². The highest BCUT2D eigenvalue weighted by molar-refractivity contribution is 6.31. The standard InChI is InChI=1S/C11H11ClN2O2/c1-2-3-6-13-8-9-7-10(14(15)16)4-5-11(9)12/h4-5,7,13H,6,8H2,1H3. The van der Waals surface area contributed by atoms with Gasteiger partial charge in [0.25, 0.3) is 5.69 Å². The third-order valence-electron chi connectivity index (χ3n) is 1.95. The van der Waals surface area contributed by atoms with E-state index in [0.717, 1.165) is 0 Å². The molecule has 1 aromatic rings. The molecule has 0 aliphatic carbocycles. The van der Waals surface area contributed by atoms with Crippen LogP contribution in [0, 0.1) is 22.0 Å². The second-order valence-corrected chi connectivity index (χ2v) is 3.47. The molecular formula is C11H11ClN2O2. The van der Waals surface area contributed by atoms with Crippen molar-refractivity contribution in [3.8, 4) is 11.8 Å². The first-order valence-electron chi connectivity index (χ1n) is 4.68. The van der Waals surface area contributed by atoms with Gasteiger partial charge in [-0.3, -0.25) is 10.1 Å². The molecule has 1 rings (SSSR count). The number of nitro benzene ring substituents is 1. The summed E-state index contributed by atoms with van der Waals surface area (Å²) < 4.78 is 0. The molecule has 0 aliphatic rings. The van der Waals surface area contributed by atoms with E-state index in [-0.39, 0.29) is 5.69 Å². The van der Waals surface area contributed by atoms with E-state index in [9.17, 15) is 10.1 Å². The summed E-state index contributed by atoms with van der Waals surface area (Å²) in [5.41, 5.74) is 0.747. The van der Waals surface area contributed by atoms with E-state index < -0.39 is 4.92 Å². The summed E-state index contributed by atoms with van der Waals surface area (Å²) in [6, 6.07) is 4.38. The van der Waals surface area contributed by atoms with Gasteiger partial charge >= 0.3 is 0 Å². The first-order valence-corrected chi connectivity index (χ1v) is 5.06.